The standard InChI is InChI=1S/C13H15N3O5/c17-10(15-7-11(18)19)6-16-13(20)8-2-1-3-9-12(8)21-5-4-14-9/h1-3,14H,4-7H2,(H,15,17)(H,16,20)(H,18,19). The highest BCUT2D eigenvalue weighted by atomic mass is 16.5. The lowest BCUT2D eigenvalue weighted by molar-refractivity contribution is -0.137. The smallest absolute Gasteiger partial charge is 0.322 e. The van der Waals surface area contributed by atoms with Gasteiger partial charge >= 0.3 is 5.97 Å². The Morgan fingerprint density at radius 2 is 2.05 bits per heavy atom. The number of carboxylic acid groups (broad SMARTS) is 1. The van der Waals surface area contributed by atoms with E-state index in [1.165, 1.54) is 0 Å². The van der Waals surface area contributed by atoms with Crippen LogP contribution < -0.4 is 20.7 Å². The second-order valence-corrected chi connectivity index (χ2v) is 4.31. The zero-order valence-electron chi connectivity index (χ0n) is 11.1. The van der Waals surface area contributed by atoms with E-state index in [1.54, 1.807) is 18.2 Å². The van der Waals surface area contributed by atoms with Gasteiger partial charge in [-0.1, -0.05) is 6.07 Å². The summed E-state index contributed by atoms with van der Waals surface area (Å²) in [5, 5.41) is 16.1. The van der Waals surface area contributed by atoms with Gasteiger partial charge < -0.3 is 25.8 Å². The number of carboxylic acids is 1. The fourth-order valence-electron chi connectivity index (χ4n) is 1.84. The van der Waals surface area contributed by atoms with Crippen LogP contribution in [0.15, 0.2) is 18.2 Å². The first-order valence-electron chi connectivity index (χ1n) is 6.34. The molecule has 8 nitrogen and oxygen atoms in total. The average molecular weight is 293 g/mol. The molecule has 21 heavy (non-hydrogen) atoms. The normalized spacial score (nSPS) is 12.4. The third-order valence-corrected chi connectivity index (χ3v) is 2.77. The summed E-state index contributed by atoms with van der Waals surface area (Å²) in [7, 11) is 0. The molecule has 1 aliphatic heterocycles. The van der Waals surface area contributed by atoms with Crippen LogP contribution in [0.5, 0.6) is 5.75 Å². The molecule has 0 fully saturated rings. The number of rotatable bonds is 5. The number of amides is 2. The Hall–Kier alpha value is -2.77. The summed E-state index contributed by atoms with van der Waals surface area (Å²) in [5.74, 6) is -1.73. The molecule has 2 rings (SSSR count). The van der Waals surface area contributed by atoms with Gasteiger partial charge in [-0.15, -0.1) is 0 Å². The predicted molar refractivity (Wildman–Crippen MR) is 73.4 cm³/mol. The minimum atomic E-state index is -1.15. The highest BCUT2D eigenvalue weighted by Crippen LogP contribution is 2.30. The molecule has 112 valence electrons. The van der Waals surface area contributed by atoms with Gasteiger partial charge in [0.15, 0.2) is 5.75 Å². The van der Waals surface area contributed by atoms with Crippen molar-refractivity contribution in [2.24, 2.45) is 0 Å². The van der Waals surface area contributed by atoms with E-state index in [-0.39, 0.29) is 6.54 Å². The monoisotopic (exact) mass is 293 g/mol. The van der Waals surface area contributed by atoms with Gasteiger partial charge in [0.2, 0.25) is 5.91 Å². The van der Waals surface area contributed by atoms with Crippen LogP contribution in [0.1, 0.15) is 10.4 Å². The maximum atomic E-state index is 12.0. The Bertz CT molecular complexity index is 573. The Morgan fingerprint density at radius 1 is 1.24 bits per heavy atom. The number of nitrogens with one attached hydrogen (secondary N) is 3. The summed E-state index contributed by atoms with van der Waals surface area (Å²) in [4.78, 5) is 33.7. The fourth-order valence-corrected chi connectivity index (χ4v) is 1.84. The van der Waals surface area contributed by atoms with Gasteiger partial charge in [0.1, 0.15) is 13.2 Å². The number of hydrogen-bond donors (Lipinski definition) is 4. The molecule has 0 aliphatic carbocycles. The lowest BCUT2D eigenvalue weighted by Gasteiger charge is -2.21. The summed E-state index contributed by atoms with van der Waals surface area (Å²) in [6.07, 6.45) is 0. The van der Waals surface area contributed by atoms with E-state index < -0.39 is 24.3 Å². The van der Waals surface area contributed by atoms with E-state index in [9.17, 15) is 14.4 Å². The lowest BCUT2D eigenvalue weighted by atomic mass is 10.1. The number of fused-ring (bicyclic) bond motifs is 1. The topological polar surface area (TPSA) is 117 Å². The van der Waals surface area contributed by atoms with Gasteiger partial charge in [0.05, 0.1) is 17.8 Å². The predicted octanol–water partition coefficient (Wildman–Crippen LogP) is -0.579. The third kappa shape index (κ3) is 3.85. The number of hydrogen-bond acceptors (Lipinski definition) is 5. The van der Waals surface area contributed by atoms with Crippen molar-refractivity contribution in [1.82, 2.24) is 10.6 Å². The summed E-state index contributed by atoms with van der Waals surface area (Å²) in [6, 6.07) is 5.10. The Labute approximate surface area is 120 Å². The van der Waals surface area contributed by atoms with Crippen LogP contribution in [0.4, 0.5) is 5.69 Å². The molecule has 0 saturated carbocycles. The van der Waals surface area contributed by atoms with Crippen molar-refractivity contribution in [3.8, 4) is 5.75 Å². The van der Waals surface area contributed by atoms with E-state index in [0.717, 1.165) is 5.69 Å². The molecule has 1 heterocycles. The fraction of sp³-hybridized carbons (Fsp3) is 0.308. The van der Waals surface area contributed by atoms with Crippen molar-refractivity contribution in [2.45, 2.75) is 0 Å². The zero-order valence-corrected chi connectivity index (χ0v) is 11.1. The molecule has 0 unspecified atom stereocenters. The van der Waals surface area contributed by atoms with Gasteiger partial charge in [-0.25, -0.2) is 0 Å². The molecular formula is C13H15N3O5. The van der Waals surface area contributed by atoms with Crippen LogP contribution in [-0.4, -0.2) is 49.1 Å². The minimum Gasteiger partial charge on any atom is -0.489 e. The Balaban J connectivity index is 1.95. The Kier molecular flexibility index (Phi) is 4.60. The quantitative estimate of drug-likeness (QED) is 0.577. The maximum Gasteiger partial charge on any atom is 0.322 e. The molecule has 0 spiro atoms. The molecule has 0 saturated heterocycles. The van der Waals surface area contributed by atoms with Crippen LogP contribution in [0.2, 0.25) is 0 Å². The van der Waals surface area contributed by atoms with E-state index in [2.05, 4.69) is 16.0 Å². The highest BCUT2D eigenvalue weighted by molar-refractivity contribution is 6.00. The van der Waals surface area contributed by atoms with Crippen molar-refractivity contribution in [3.63, 3.8) is 0 Å². The summed E-state index contributed by atoms with van der Waals surface area (Å²) >= 11 is 0. The molecule has 0 atom stereocenters. The molecule has 0 bridgehead atoms. The van der Waals surface area contributed by atoms with Gasteiger partial charge in [-0.3, -0.25) is 14.4 Å². The van der Waals surface area contributed by atoms with Crippen molar-refractivity contribution in [3.05, 3.63) is 23.8 Å². The van der Waals surface area contributed by atoms with Crippen LogP contribution in [-0.2, 0) is 9.59 Å². The van der Waals surface area contributed by atoms with Gasteiger partial charge in [0.25, 0.3) is 5.91 Å². The molecule has 1 aromatic rings. The number of carbonyl (C=O) groups is 3. The van der Waals surface area contributed by atoms with Crippen LogP contribution in [0, 0.1) is 0 Å². The second-order valence-electron chi connectivity index (χ2n) is 4.31. The number of benzene rings is 1. The highest BCUT2D eigenvalue weighted by Gasteiger charge is 2.19. The number of carbonyl (C=O) groups excluding carboxylic acids is 2. The van der Waals surface area contributed by atoms with Gasteiger partial charge in [-0.2, -0.15) is 0 Å². The summed E-state index contributed by atoms with van der Waals surface area (Å²) in [6.45, 7) is 0.331. The van der Waals surface area contributed by atoms with Crippen LogP contribution >= 0.6 is 0 Å². The van der Waals surface area contributed by atoms with E-state index in [4.69, 9.17) is 9.84 Å². The molecule has 1 aromatic carbocycles. The van der Waals surface area contributed by atoms with Crippen LogP contribution in [0.3, 0.4) is 0 Å². The first-order valence-corrected chi connectivity index (χ1v) is 6.34. The first-order chi connectivity index (χ1) is 10.1. The second kappa shape index (κ2) is 6.60. The molecule has 0 aromatic heterocycles. The lowest BCUT2D eigenvalue weighted by Crippen LogP contribution is -2.39. The minimum absolute atomic E-state index is 0.302. The van der Waals surface area contributed by atoms with Crippen molar-refractivity contribution < 1.29 is 24.2 Å². The SMILES string of the molecule is O=C(O)CNC(=O)CNC(=O)c1cccc2c1OCCN2. The summed E-state index contributed by atoms with van der Waals surface area (Å²) < 4.78 is 5.46. The number of ether oxygens (including phenoxy) is 1. The maximum absolute atomic E-state index is 12.0. The molecule has 8 heteroatoms. The van der Waals surface area contributed by atoms with Gasteiger partial charge in [-0.05, 0) is 12.1 Å². The van der Waals surface area contributed by atoms with Crippen molar-refractivity contribution in [2.75, 3.05) is 31.6 Å². The largest absolute Gasteiger partial charge is 0.489 e. The number of para-hydroxylation sites is 1. The first kappa shape index (κ1) is 14.6. The molecule has 4 N–H and O–H groups in total. The molecular weight excluding hydrogens is 278 g/mol. The number of aliphatic carboxylic acids is 1. The van der Waals surface area contributed by atoms with Crippen LogP contribution in [0.25, 0.3) is 0 Å². The van der Waals surface area contributed by atoms with Crippen molar-refractivity contribution in [1.29, 1.82) is 0 Å². The average Bonchev–Trinajstić information content (AvgIpc) is 2.50. The van der Waals surface area contributed by atoms with E-state index >= 15 is 0 Å². The number of anilines is 1. The molecule has 1 aliphatic rings. The molecule has 0 radical (unpaired) electrons. The molecule has 2 amide bonds. The third-order valence-electron chi connectivity index (χ3n) is 2.77. The Morgan fingerprint density at radius 3 is 2.81 bits per heavy atom. The van der Waals surface area contributed by atoms with E-state index in [0.29, 0.717) is 24.5 Å². The zero-order chi connectivity index (χ0) is 15.2. The van der Waals surface area contributed by atoms with Gasteiger partial charge in [0, 0.05) is 6.54 Å². The summed E-state index contributed by atoms with van der Waals surface area (Å²) in [5.41, 5.74) is 1.05. The van der Waals surface area contributed by atoms with E-state index in [1.807, 2.05) is 0 Å². The van der Waals surface area contributed by atoms with Crippen molar-refractivity contribution >= 4 is 23.5 Å².